The van der Waals surface area contributed by atoms with Crippen molar-refractivity contribution in [3.8, 4) is 0 Å². The molecule has 3 aromatic rings. The molecule has 8 heteroatoms. The van der Waals surface area contributed by atoms with E-state index in [2.05, 4.69) is 46.7 Å². The maximum atomic E-state index is 12.3. The largest absolute Gasteiger partial charge is 0.331 e. The summed E-state index contributed by atoms with van der Waals surface area (Å²) in [5, 5.41) is 18.2. The molecule has 132 valence electrons. The second-order valence-electron chi connectivity index (χ2n) is 7.06. The molecule has 0 saturated heterocycles. The zero-order valence-corrected chi connectivity index (χ0v) is 15.1. The highest BCUT2D eigenvalue weighted by molar-refractivity contribution is 5.88. The molecule has 3 heterocycles. The van der Waals surface area contributed by atoms with Gasteiger partial charge in [-0.3, -0.25) is 14.4 Å². The van der Waals surface area contributed by atoms with Crippen LogP contribution in [0.4, 0.5) is 10.7 Å². The zero-order chi connectivity index (χ0) is 18.2. The Bertz CT molecular complexity index is 903. The number of urea groups is 1. The highest BCUT2D eigenvalue weighted by atomic mass is 16.2. The quantitative estimate of drug-likeness (QED) is 0.766. The van der Waals surface area contributed by atoms with Crippen molar-refractivity contribution < 1.29 is 4.79 Å². The van der Waals surface area contributed by atoms with Crippen LogP contribution in [0.3, 0.4) is 0 Å². The van der Waals surface area contributed by atoms with Crippen molar-refractivity contribution in [1.82, 2.24) is 29.7 Å². The molecule has 0 aliphatic heterocycles. The number of nitrogens with one attached hydrogen (secondary N) is 2. The summed E-state index contributed by atoms with van der Waals surface area (Å²) in [5.74, 6) is 0.377. The second-order valence-corrected chi connectivity index (χ2v) is 7.06. The normalized spacial score (nSPS) is 13.0. The van der Waals surface area contributed by atoms with Crippen LogP contribution >= 0.6 is 0 Å². The summed E-state index contributed by atoms with van der Waals surface area (Å²) in [6.45, 7) is 10.1. The predicted molar refractivity (Wildman–Crippen MR) is 95.5 cm³/mol. The van der Waals surface area contributed by atoms with E-state index in [0.717, 1.165) is 11.3 Å². The van der Waals surface area contributed by atoms with Crippen LogP contribution in [0.2, 0.25) is 0 Å². The van der Waals surface area contributed by atoms with Crippen molar-refractivity contribution in [1.29, 1.82) is 0 Å². The van der Waals surface area contributed by atoms with Crippen LogP contribution in [-0.4, -0.2) is 30.4 Å². The van der Waals surface area contributed by atoms with Crippen molar-refractivity contribution in [3.05, 3.63) is 41.9 Å². The monoisotopic (exact) mass is 341 g/mol. The van der Waals surface area contributed by atoms with Crippen LogP contribution in [0, 0.1) is 6.92 Å². The molecular formula is C17H23N7O. The number of nitrogens with zero attached hydrogens (tertiary/aromatic N) is 5. The molecule has 25 heavy (non-hydrogen) atoms. The topological polar surface area (TPSA) is 89.1 Å². The molecule has 0 aromatic carbocycles. The Morgan fingerprint density at radius 2 is 2.00 bits per heavy atom. The van der Waals surface area contributed by atoms with Gasteiger partial charge in [0, 0.05) is 18.0 Å². The van der Waals surface area contributed by atoms with Gasteiger partial charge < -0.3 is 5.32 Å². The Kier molecular flexibility index (Phi) is 4.20. The lowest BCUT2D eigenvalue weighted by atomic mass is 10.1. The molecule has 0 saturated carbocycles. The maximum Gasteiger partial charge on any atom is 0.322 e. The molecule has 2 amide bonds. The van der Waals surface area contributed by atoms with Crippen LogP contribution in [-0.2, 0) is 5.54 Å². The van der Waals surface area contributed by atoms with Crippen molar-refractivity contribution in [2.45, 2.75) is 46.2 Å². The molecule has 0 aliphatic carbocycles. The lowest BCUT2D eigenvalue weighted by molar-refractivity contribution is 0.249. The zero-order valence-electron chi connectivity index (χ0n) is 15.1. The molecule has 2 N–H and O–H groups in total. The van der Waals surface area contributed by atoms with Crippen molar-refractivity contribution in [3.63, 3.8) is 0 Å². The van der Waals surface area contributed by atoms with E-state index in [9.17, 15) is 4.79 Å². The number of rotatable bonds is 3. The van der Waals surface area contributed by atoms with E-state index in [0.29, 0.717) is 11.6 Å². The van der Waals surface area contributed by atoms with Crippen LogP contribution < -0.4 is 10.6 Å². The fourth-order valence-electron chi connectivity index (χ4n) is 2.58. The van der Waals surface area contributed by atoms with Gasteiger partial charge in [0.15, 0.2) is 5.65 Å². The van der Waals surface area contributed by atoms with Gasteiger partial charge in [-0.1, -0.05) is 6.07 Å². The van der Waals surface area contributed by atoms with E-state index in [1.54, 1.807) is 10.6 Å². The fraction of sp³-hybridized carbons (Fsp3) is 0.412. The fourth-order valence-corrected chi connectivity index (χ4v) is 2.58. The van der Waals surface area contributed by atoms with Gasteiger partial charge in [0.2, 0.25) is 5.95 Å². The molecule has 3 aromatic heterocycles. The van der Waals surface area contributed by atoms with Crippen molar-refractivity contribution >= 4 is 17.6 Å². The molecule has 0 unspecified atom stereocenters. The van der Waals surface area contributed by atoms with E-state index in [-0.39, 0.29) is 17.6 Å². The van der Waals surface area contributed by atoms with E-state index in [4.69, 9.17) is 0 Å². The Morgan fingerprint density at radius 1 is 1.24 bits per heavy atom. The molecule has 0 spiro atoms. The SMILES string of the molecule is Cc1nn(C(C)(C)C)cc1[C@H](C)NC(=O)Nc1nnc2ccccn12. The number of pyridine rings is 1. The predicted octanol–water partition coefficient (Wildman–Crippen LogP) is 2.87. The standard InChI is InChI=1S/C17H23N7O/c1-11(13-10-24(17(3,4)5)22-12(13)2)18-16(25)19-15-21-20-14-8-6-7-9-23(14)15/h6-11H,1-5H3,(H2,18,19,21,25)/t11-/m0/s1. The first kappa shape index (κ1) is 16.9. The summed E-state index contributed by atoms with van der Waals surface area (Å²) < 4.78 is 3.63. The number of amides is 2. The van der Waals surface area contributed by atoms with E-state index >= 15 is 0 Å². The van der Waals surface area contributed by atoms with Crippen LogP contribution in [0.1, 0.15) is 45.0 Å². The average Bonchev–Trinajstić information content (AvgIpc) is 3.11. The third kappa shape index (κ3) is 3.47. The van der Waals surface area contributed by atoms with Gasteiger partial charge >= 0.3 is 6.03 Å². The Balaban J connectivity index is 1.72. The molecule has 0 fully saturated rings. The number of hydrogen-bond acceptors (Lipinski definition) is 4. The minimum Gasteiger partial charge on any atom is -0.331 e. The number of aryl methyl sites for hydroxylation is 1. The number of aromatic nitrogens is 5. The molecule has 3 rings (SSSR count). The number of carbonyl (C=O) groups is 1. The molecule has 0 bridgehead atoms. The molecule has 1 atom stereocenters. The van der Waals surface area contributed by atoms with Gasteiger partial charge in [-0.25, -0.2) is 4.79 Å². The summed E-state index contributed by atoms with van der Waals surface area (Å²) in [6.07, 6.45) is 3.78. The van der Waals surface area contributed by atoms with Gasteiger partial charge in [0.1, 0.15) is 0 Å². The smallest absolute Gasteiger partial charge is 0.322 e. The van der Waals surface area contributed by atoms with Crippen LogP contribution in [0.5, 0.6) is 0 Å². The second kappa shape index (κ2) is 6.19. The lowest BCUT2D eigenvalue weighted by Gasteiger charge is -2.19. The number of anilines is 1. The minimum atomic E-state index is -0.339. The minimum absolute atomic E-state index is 0.106. The Labute approximate surface area is 146 Å². The molecule has 0 radical (unpaired) electrons. The van der Waals surface area contributed by atoms with Gasteiger partial charge in [0.05, 0.1) is 17.3 Å². The van der Waals surface area contributed by atoms with Crippen LogP contribution in [0.25, 0.3) is 5.65 Å². The third-order valence-corrected chi connectivity index (χ3v) is 3.98. The van der Waals surface area contributed by atoms with Crippen molar-refractivity contribution in [2.24, 2.45) is 0 Å². The number of fused-ring (bicyclic) bond motifs is 1. The van der Waals surface area contributed by atoms with E-state index in [1.807, 2.05) is 42.9 Å². The van der Waals surface area contributed by atoms with Crippen LogP contribution in [0.15, 0.2) is 30.6 Å². The molecule has 8 nitrogen and oxygen atoms in total. The molecular weight excluding hydrogens is 318 g/mol. The van der Waals surface area contributed by atoms with Gasteiger partial charge in [-0.2, -0.15) is 5.10 Å². The Hall–Kier alpha value is -2.90. The lowest BCUT2D eigenvalue weighted by Crippen LogP contribution is -2.32. The number of carbonyl (C=O) groups excluding carboxylic acids is 1. The highest BCUT2D eigenvalue weighted by Crippen LogP contribution is 2.21. The van der Waals surface area contributed by atoms with E-state index < -0.39 is 0 Å². The molecule has 0 aliphatic rings. The summed E-state index contributed by atoms with van der Waals surface area (Å²) >= 11 is 0. The number of hydrogen-bond donors (Lipinski definition) is 2. The third-order valence-electron chi connectivity index (χ3n) is 3.98. The average molecular weight is 341 g/mol. The van der Waals surface area contributed by atoms with Gasteiger partial charge in [-0.05, 0) is 46.8 Å². The summed E-state index contributed by atoms with van der Waals surface area (Å²) in [6, 6.07) is 5.02. The van der Waals surface area contributed by atoms with Gasteiger partial charge in [-0.15, -0.1) is 10.2 Å². The van der Waals surface area contributed by atoms with Crippen molar-refractivity contribution in [2.75, 3.05) is 5.32 Å². The Morgan fingerprint density at radius 3 is 2.68 bits per heavy atom. The first-order valence-corrected chi connectivity index (χ1v) is 8.19. The van der Waals surface area contributed by atoms with Gasteiger partial charge in [0.25, 0.3) is 0 Å². The summed E-state index contributed by atoms with van der Waals surface area (Å²) in [5.41, 5.74) is 2.45. The van der Waals surface area contributed by atoms with E-state index in [1.165, 1.54) is 0 Å². The maximum absolute atomic E-state index is 12.3. The highest BCUT2D eigenvalue weighted by Gasteiger charge is 2.20. The first-order chi connectivity index (χ1) is 11.8. The summed E-state index contributed by atoms with van der Waals surface area (Å²) in [4.78, 5) is 12.3. The summed E-state index contributed by atoms with van der Waals surface area (Å²) in [7, 11) is 0. The first-order valence-electron chi connectivity index (χ1n) is 8.19.